The summed E-state index contributed by atoms with van der Waals surface area (Å²) in [5.41, 5.74) is 2.71. The number of anilines is 2. The second kappa shape index (κ2) is 8.34. The molecule has 2 heterocycles. The molecule has 0 aromatic heterocycles. The lowest BCUT2D eigenvalue weighted by molar-refractivity contribution is -0.136. The first-order valence-corrected chi connectivity index (χ1v) is 10.2. The molecule has 2 aromatic rings. The maximum Gasteiger partial charge on any atom is 0.228 e. The Balaban J connectivity index is 1.40. The first-order valence-electron chi connectivity index (χ1n) is 10.2. The van der Waals surface area contributed by atoms with Crippen LogP contribution in [-0.2, 0) is 9.59 Å². The van der Waals surface area contributed by atoms with E-state index in [1.54, 1.807) is 24.1 Å². The Hall–Kier alpha value is -3.09. The van der Waals surface area contributed by atoms with Crippen LogP contribution in [0.5, 0.6) is 5.75 Å². The Bertz CT molecular complexity index is 939. The molecule has 2 amide bonds. The van der Waals surface area contributed by atoms with Crippen molar-refractivity contribution in [3.63, 3.8) is 0 Å². The third kappa shape index (κ3) is 3.97. The fraction of sp³-hybridized carbons (Fsp3) is 0.391. The van der Waals surface area contributed by atoms with Crippen molar-refractivity contribution < 1.29 is 18.7 Å². The van der Waals surface area contributed by atoms with E-state index in [1.807, 2.05) is 30.0 Å². The van der Waals surface area contributed by atoms with E-state index in [0.717, 1.165) is 16.9 Å². The molecule has 6 nitrogen and oxygen atoms in total. The van der Waals surface area contributed by atoms with Crippen LogP contribution in [-0.4, -0.2) is 56.5 Å². The van der Waals surface area contributed by atoms with Crippen LogP contribution in [0.4, 0.5) is 15.8 Å². The molecular weight excluding hydrogens is 385 g/mol. The van der Waals surface area contributed by atoms with Crippen LogP contribution >= 0.6 is 0 Å². The quantitative estimate of drug-likeness (QED) is 0.777. The monoisotopic (exact) mass is 411 g/mol. The summed E-state index contributed by atoms with van der Waals surface area (Å²) >= 11 is 0. The van der Waals surface area contributed by atoms with Crippen LogP contribution in [0.25, 0.3) is 0 Å². The molecule has 0 spiro atoms. The standard InChI is InChI=1S/C23H26FN3O3/c1-16-3-8-21(30-2)20(13-16)27-15-17(14-22(27)28)23(29)26-11-9-25(10-12-26)19-6-4-18(24)5-7-19/h3-8,13,17H,9-12,14-15H2,1-2H3. The first kappa shape index (κ1) is 20.2. The van der Waals surface area contributed by atoms with Crippen molar-refractivity contribution in [1.29, 1.82) is 0 Å². The fourth-order valence-corrected chi connectivity index (χ4v) is 4.21. The van der Waals surface area contributed by atoms with Crippen LogP contribution in [0.3, 0.4) is 0 Å². The molecule has 1 unspecified atom stereocenters. The van der Waals surface area contributed by atoms with Crippen LogP contribution < -0.4 is 14.5 Å². The molecule has 4 rings (SSSR count). The summed E-state index contributed by atoms with van der Waals surface area (Å²) in [5, 5.41) is 0. The van der Waals surface area contributed by atoms with Crippen molar-refractivity contribution in [2.24, 2.45) is 5.92 Å². The smallest absolute Gasteiger partial charge is 0.228 e. The van der Waals surface area contributed by atoms with Gasteiger partial charge in [-0.3, -0.25) is 9.59 Å². The summed E-state index contributed by atoms with van der Waals surface area (Å²) in [4.78, 5) is 31.4. The van der Waals surface area contributed by atoms with Gasteiger partial charge in [-0.1, -0.05) is 6.07 Å². The van der Waals surface area contributed by atoms with E-state index in [2.05, 4.69) is 4.90 Å². The Morgan fingerprint density at radius 3 is 2.43 bits per heavy atom. The van der Waals surface area contributed by atoms with Crippen molar-refractivity contribution in [2.45, 2.75) is 13.3 Å². The van der Waals surface area contributed by atoms with Crippen molar-refractivity contribution in [3.8, 4) is 5.75 Å². The lowest BCUT2D eigenvalue weighted by atomic mass is 10.1. The summed E-state index contributed by atoms with van der Waals surface area (Å²) in [6.07, 6.45) is 0.216. The molecule has 2 aliphatic rings. The number of hydrogen-bond acceptors (Lipinski definition) is 4. The number of ether oxygens (including phenoxy) is 1. The normalized spacial score (nSPS) is 19.4. The fourth-order valence-electron chi connectivity index (χ4n) is 4.21. The molecule has 158 valence electrons. The highest BCUT2D eigenvalue weighted by atomic mass is 19.1. The SMILES string of the molecule is COc1ccc(C)cc1N1CC(C(=O)N2CCN(c3ccc(F)cc3)CC2)CC1=O. The number of carbonyl (C=O) groups excluding carboxylic acids is 2. The number of methoxy groups -OCH3 is 1. The molecule has 7 heteroatoms. The molecule has 0 aliphatic carbocycles. The molecule has 0 radical (unpaired) electrons. The predicted molar refractivity (Wildman–Crippen MR) is 113 cm³/mol. The van der Waals surface area contributed by atoms with Gasteiger partial charge in [0, 0.05) is 44.8 Å². The number of aryl methyl sites for hydroxylation is 1. The number of hydrogen-bond donors (Lipinski definition) is 0. The zero-order valence-electron chi connectivity index (χ0n) is 17.3. The minimum atomic E-state index is -0.347. The topological polar surface area (TPSA) is 53.1 Å². The number of amides is 2. The van der Waals surface area contributed by atoms with Gasteiger partial charge >= 0.3 is 0 Å². The number of nitrogens with zero attached hydrogens (tertiary/aromatic N) is 3. The van der Waals surface area contributed by atoms with E-state index < -0.39 is 0 Å². The number of piperazine rings is 1. The molecule has 0 N–H and O–H groups in total. The van der Waals surface area contributed by atoms with Crippen molar-refractivity contribution in [3.05, 3.63) is 53.8 Å². The largest absolute Gasteiger partial charge is 0.495 e. The van der Waals surface area contributed by atoms with Gasteiger partial charge in [0.25, 0.3) is 0 Å². The molecule has 2 fully saturated rings. The average Bonchev–Trinajstić information content (AvgIpc) is 3.15. The van der Waals surface area contributed by atoms with Crippen molar-refractivity contribution in [1.82, 2.24) is 4.90 Å². The Kier molecular flexibility index (Phi) is 5.61. The second-order valence-corrected chi connectivity index (χ2v) is 7.87. The third-order valence-electron chi connectivity index (χ3n) is 5.88. The molecular formula is C23H26FN3O3. The molecule has 2 aliphatic heterocycles. The van der Waals surface area contributed by atoms with Crippen LogP contribution in [0.1, 0.15) is 12.0 Å². The second-order valence-electron chi connectivity index (χ2n) is 7.87. The van der Waals surface area contributed by atoms with Gasteiger partial charge in [0.1, 0.15) is 11.6 Å². The van der Waals surface area contributed by atoms with E-state index >= 15 is 0 Å². The predicted octanol–water partition coefficient (Wildman–Crippen LogP) is 2.84. The maximum absolute atomic E-state index is 13.1. The van der Waals surface area contributed by atoms with E-state index in [1.165, 1.54) is 12.1 Å². The number of rotatable bonds is 4. The Morgan fingerprint density at radius 2 is 1.77 bits per heavy atom. The van der Waals surface area contributed by atoms with Crippen molar-refractivity contribution in [2.75, 3.05) is 49.6 Å². The lowest BCUT2D eigenvalue weighted by Gasteiger charge is -2.37. The molecule has 2 aromatic carbocycles. The van der Waals surface area contributed by atoms with Crippen molar-refractivity contribution >= 4 is 23.2 Å². The van der Waals surface area contributed by atoms with Crippen LogP contribution in [0.15, 0.2) is 42.5 Å². The minimum absolute atomic E-state index is 0.0243. The van der Waals surface area contributed by atoms with Gasteiger partial charge in [-0.05, 0) is 48.9 Å². The van der Waals surface area contributed by atoms with E-state index in [9.17, 15) is 14.0 Å². The summed E-state index contributed by atoms with van der Waals surface area (Å²) in [7, 11) is 1.58. The molecule has 30 heavy (non-hydrogen) atoms. The molecule has 2 saturated heterocycles. The zero-order chi connectivity index (χ0) is 21.3. The first-order chi connectivity index (χ1) is 14.5. The summed E-state index contributed by atoms with van der Waals surface area (Å²) in [6, 6.07) is 12.1. The third-order valence-corrected chi connectivity index (χ3v) is 5.88. The molecule has 1 atom stereocenters. The summed E-state index contributed by atoms with van der Waals surface area (Å²) in [6.45, 7) is 4.90. The average molecular weight is 411 g/mol. The van der Waals surface area contributed by atoms with Gasteiger partial charge < -0.3 is 19.4 Å². The molecule has 0 bridgehead atoms. The van der Waals surface area contributed by atoms with Gasteiger partial charge in [0.2, 0.25) is 11.8 Å². The van der Waals surface area contributed by atoms with E-state index in [-0.39, 0.29) is 30.0 Å². The molecule has 0 saturated carbocycles. The van der Waals surface area contributed by atoms with Gasteiger partial charge in [0.05, 0.1) is 18.7 Å². The number of benzene rings is 2. The number of carbonyl (C=O) groups is 2. The zero-order valence-corrected chi connectivity index (χ0v) is 17.3. The van der Waals surface area contributed by atoms with Gasteiger partial charge in [0.15, 0.2) is 0 Å². The van der Waals surface area contributed by atoms with E-state index in [4.69, 9.17) is 4.74 Å². The highest BCUT2D eigenvalue weighted by Gasteiger charge is 2.38. The minimum Gasteiger partial charge on any atom is -0.495 e. The van der Waals surface area contributed by atoms with Gasteiger partial charge in [-0.25, -0.2) is 4.39 Å². The highest BCUT2D eigenvalue weighted by molar-refractivity contribution is 6.01. The maximum atomic E-state index is 13.1. The number of halogens is 1. The van der Waals surface area contributed by atoms with Crippen LogP contribution in [0.2, 0.25) is 0 Å². The Morgan fingerprint density at radius 1 is 1.07 bits per heavy atom. The highest BCUT2D eigenvalue weighted by Crippen LogP contribution is 2.34. The van der Waals surface area contributed by atoms with E-state index in [0.29, 0.717) is 38.5 Å². The summed E-state index contributed by atoms with van der Waals surface area (Å²) < 4.78 is 18.6. The Labute approximate surface area is 175 Å². The van der Waals surface area contributed by atoms with Gasteiger partial charge in [-0.15, -0.1) is 0 Å². The lowest BCUT2D eigenvalue weighted by Crippen LogP contribution is -2.50. The summed E-state index contributed by atoms with van der Waals surface area (Å²) in [5.74, 6) is 0.00161. The van der Waals surface area contributed by atoms with Gasteiger partial charge in [-0.2, -0.15) is 0 Å². The van der Waals surface area contributed by atoms with Crippen LogP contribution in [0, 0.1) is 18.7 Å².